The van der Waals surface area contributed by atoms with Crippen molar-refractivity contribution in [2.24, 2.45) is 0 Å². The Balaban J connectivity index is 1.68. The summed E-state index contributed by atoms with van der Waals surface area (Å²) in [5.41, 5.74) is 3.27. The lowest BCUT2D eigenvalue weighted by Crippen LogP contribution is -2.02. The zero-order valence-corrected chi connectivity index (χ0v) is 13.1. The summed E-state index contributed by atoms with van der Waals surface area (Å²) < 4.78 is 1.15. The van der Waals surface area contributed by atoms with Gasteiger partial charge >= 0.3 is 0 Å². The third kappa shape index (κ3) is 2.74. The van der Waals surface area contributed by atoms with Crippen molar-refractivity contribution in [2.45, 2.75) is 13.2 Å². The minimum Gasteiger partial charge on any atom is -0.390 e. The van der Waals surface area contributed by atoms with E-state index in [0.29, 0.717) is 12.2 Å². The summed E-state index contributed by atoms with van der Waals surface area (Å²) >= 11 is 1.68. The van der Waals surface area contributed by atoms with Gasteiger partial charge in [-0.25, -0.2) is 0 Å². The van der Waals surface area contributed by atoms with Gasteiger partial charge in [0.2, 0.25) is 0 Å². The van der Waals surface area contributed by atoms with Crippen molar-refractivity contribution >= 4 is 21.6 Å². The molecule has 0 aliphatic rings. The molecule has 0 atom stereocenters. The van der Waals surface area contributed by atoms with E-state index in [-0.39, 0.29) is 6.61 Å². The van der Waals surface area contributed by atoms with Crippen LogP contribution in [0.25, 0.3) is 21.5 Å². The molecule has 5 nitrogen and oxygen atoms in total. The van der Waals surface area contributed by atoms with Crippen LogP contribution in [0.3, 0.4) is 0 Å². The van der Waals surface area contributed by atoms with Crippen molar-refractivity contribution in [1.82, 2.24) is 20.0 Å². The van der Waals surface area contributed by atoms with Gasteiger partial charge in [-0.1, -0.05) is 30.3 Å². The Morgan fingerprint density at radius 1 is 1.04 bits per heavy atom. The molecule has 0 aliphatic heterocycles. The highest BCUT2D eigenvalue weighted by Crippen LogP contribution is 2.25. The number of thiophene rings is 1. The zero-order valence-electron chi connectivity index (χ0n) is 12.3. The molecule has 0 aliphatic carbocycles. The molecule has 1 N–H and O–H groups in total. The number of aliphatic hydroxyl groups is 1. The van der Waals surface area contributed by atoms with Gasteiger partial charge in [-0.15, -0.1) is 11.3 Å². The van der Waals surface area contributed by atoms with E-state index in [0.717, 1.165) is 26.4 Å². The van der Waals surface area contributed by atoms with E-state index in [4.69, 9.17) is 0 Å². The average molecular weight is 322 g/mol. The molecular formula is C17H14N4OS. The summed E-state index contributed by atoms with van der Waals surface area (Å²) in [5, 5.41) is 18.5. The first kappa shape index (κ1) is 14.0. The smallest absolute Gasteiger partial charge is 0.118 e. The Bertz CT molecular complexity index is 913. The minimum atomic E-state index is -0.127. The van der Waals surface area contributed by atoms with Gasteiger partial charge in [0, 0.05) is 16.6 Å². The van der Waals surface area contributed by atoms with E-state index >= 15 is 0 Å². The molecule has 0 fully saturated rings. The van der Waals surface area contributed by atoms with Crippen LogP contribution < -0.4 is 0 Å². The summed E-state index contributed by atoms with van der Waals surface area (Å²) in [7, 11) is 0. The van der Waals surface area contributed by atoms with Crippen LogP contribution in [0, 0.1) is 0 Å². The second-order valence-electron chi connectivity index (χ2n) is 5.15. The average Bonchev–Trinajstić information content (AvgIpc) is 3.19. The van der Waals surface area contributed by atoms with Crippen molar-refractivity contribution in [3.05, 3.63) is 65.3 Å². The normalized spacial score (nSPS) is 11.2. The molecule has 0 saturated heterocycles. The van der Waals surface area contributed by atoms with Gasteiger partial charge in [-0.2, -0.15) is 15.0 Å². The monoisotopic (exact) mass is 322 g/mol. The Morgan fingerprint density at radius 2 is 1.91 bits per heavy atom. The van der Waals surface area contributed by atoms with Gasteiger partial charge in [0.1, 0.15) is 11.4 Å². The second-order valence-corrected chi connectivity index (χ2v) is 6.32. The number of nitrogens with zero attached hydrogens (tertiary/aromatic N) is 4. The Hall–Kier alpha value is -2.57. The van der Waals surface area contributed by atoms with Gasteiger partial charge in [0.05, 0.1) is 23.4 Å². The van der Waals surface area contributed by atoms with Crippen LogP contribution in [0.1, 0.15) is 10.6 Å². The van der Waals surface area contributed by atoms with E-state index < -0.39 is 0 Å². The lowest BCUT2D eigenvalue weighted by atomic mass is 10.1. The van der Waals surface area contributed by atoms with Gasteiger partial charge in [-0.05, 0) is 18.2 Å². The van der Waals surface area contributed by atoms with Gasteiger partial charge in [0.15, 0.2) is 0 Å². The van der Waals surface area contributed by atoms with Crippen LogP contribution in [0.5, 0.6) is 0 Å². The van der Waals surface area contributed by atoms with E-state index in [1.165, 1.54) is 0 Å². The maximum atomic E-state index is 9.55. The summed E-state index contributed by atoms with van der Waals surface area (Å²) in [6, 6.07) is 15.8. The molecule has 3 aromatic heterocycles. The van der Waals surface area contributed by atoms with Crippen LogP contribution in [-0.4, -0.2) is 25.1 Å². The first-order valence-corrected chi connectivity index (χ1v) is 8.09. The minimum absolute atomic E-state index is 0.127. The molecule has 0 unspecified atom stereocenters. The lowest BCUT2D eigenvalue weighted by molar-refractivity contribution is 0.276. The maximum Gasteiger partial charge on any atom is 0.118 e. The fraction of sp³-hybridized carbons (Fsp3) is 0.118. The van der Waals surface area contributed by atoms with Crippen LogP contribution in [0.4, 0.5) is 0 Å². The number of aromatic nitrogens is 4. The Labute approximate surface area is 136 Å². The van der Waals surface area contributed by atoms with E-state index in [1.807, 2.05) is 36.4 Å². The van der Waals surface area contributed by atoms with Crippen LogP contribution >= 0.6 is 11.3 Å². The number of fused-ring (bicyclic) bond motifs is 1. The molecule has 6 heteroatoms. The van der Waals surface area contributed by atoms with Crippen molar-refractivity contribution in [1.29, 1.82) is 0 Å². The highest BCUT2D eigenvalue weighted by Gasteiger charge is 2.13. The summed E-state index contributed by atoms with van der Waals surface area (Å²) in [5.74, 6) is 0. The molecule has 0 bridgehead atoms. The van der Waals surface area contributed by atoms with Crippen molar-refractivity contribution in [3.8, 4) is 11.3 Å². The largest absolute Gasteiger partial charge is 0.390 e. The zero-order chi connectivity index (χ0) is 15.6. The van der Waals surface area contributed by atoms with Gasteiger partial charge in [0.25, 0.3) is 0 Å². The molecule has 3 heterocycles. The van der Waals surface area contributed by atoms with Crippen molar-refractivity contribution in [3.63, 3.8) is 0 Å². The predicted octanol–water partition coefficient (Wildman–Crippen LogP) is 3.10. The van der Waals surface area contributed by atoms with Gasteiger partial charge in [-0.3, -0.25) is 4.98 Å². The summed E-state index contributed by atoms with van der Waals surface area (Å²) in [6.45, 7) is 0.444. The molecule has 0 amide bonds. The number of benzene rings is 1. The highest BCUT2D eigenvalue weighted by atomic mass is 32.1. The van der Waals surface area contributed by atoms with Crippen molar-refractivity contribution < 1.29 is 5.11 Å². The molecule has 1 aromatic carbocycles. The topological polar surface area (TPSA) is 63.8 Å². The SMILES string of the molecule is OCc1nn(Cc2cc3ncccc3s2)nc1-c1ccccc1. The van der Waals surface area contributed by atoms with Crippen LogP contribution in [0.15, 0.2) is 54.7 Å². The van der Waals surface area contributed by atoms with Crippen LogP contribution in [0.2, 0.25) is 0 Å². The van der Waals surface area contributed by atoms with E-state index in [1.54, 1.807) is 22.3 Å². The molecule has 114 valence electrons. The number of aliphatic hydroxyl groups excluding tert-OH is 1. The molecule has 23 heavy (non-hydrogen) atoms. The number of rotatable bonds is 4. The molecular weight excluding hydrogens is 308 g/mol. The van der Waals surface area contributed by atoms with Crippen molar-refractivity contribution in [2.75, 3.05) is 0 Å². The first-order valence-electron chi connectivity index (χ1n) is 7.27. The lowest BCUT2D eigenvalue weighted by Gasteiger charge is -1.97. The third-order valence-electron chi connectivity index (χ3n) is 3.56. The van der Waals surface area contributed by atoms with E-state index in [2.05, 4.69) is 27.3 Å². The molecule has 0 saturated carbocycles. The molecule has 4 rings (SSSR count). The second kappa shape index (κ2) is 5.91. The molecule has 0 spiro atoms. The number of hydrogen-bond donors (Lipinski definition) is 1. The van der Waals surface area contributed by atoms with Gasteiger partial charge < -0.3 is 5.11 Å². The van der Waals surface area contributed by atoms with Crippen LogP contribution in [-0.2, 0) is 13.2 Å². The maximum absolute atomic E-state index is 9.55. The van der Waals surface area contributed by atoms with E-state index in [9.17, 15) is 5.11 Å². The third-order valence-corrected chi connectivity index (χ3v) is 4.63. The molecule has 0 radical (unpaired) electrons. The Kier molecular flexibility index (Phi) is 3.61. The summed E-state index contributed by atoms with van der Waals surface area (Å²) in [6.07, 6.45) is 1.79. The summed E-state index contributed by atoms with van der Waals surface area (Å²) in [4.78, 5) is 7.12. The Morgan fingerprint density at radius 3 is 2.70 bits per heavy atom. The number of hydrogen-bond acceptors (Lipinski definition) is 5. The standard InChI is InChI=1S/C17H14N4OS/c22-11-15-17(12-5-2-1-3-6-12)20-21(19-15)10-13-9-14-16(23-13)7-4-8-18-14/h1-9,22H,10-11H2. The quantitative estimate of drug-likeness (QED) is 0.627. The predicted molar refractivity (Wildman–Crippen MR) is 90.1 cm³/mol. The first-order chi connectivity index (χ1) is 11.3. The fourth-order valence-electron chi connectivity index (χ4n) is 2.52. The highest BCUT2D eigenvalue weighted by molar-refractivity contribution is 7.19. The molecule has 4 aromatic rings. The number of pyridine rings is 1. The fourth-order valence-corrected chi connectivity index (χ4v) is 3.51.